The van der Waals surface area contributed by atoms with Crippen LogP contribution in [0.3, 0.4) is 0 Å². The predicted molar refractivity (Wildman–Crippen MR) is 85.9 cm³/mol. The summed E-state index contributed by atoms with van der Waals surface area (Å²) in [6.45, 7) is 2.01. The van der Waals surface area contributed by atoms with Crippen molar-refractivity contribution in [3.63, 3.8) is 0 Å². The molecule has 0 bridgehead atoms. The number of aryl methyl sites for hydroxylation is 1. The lowest BCUT2D eigenvalue weighted by atomic mass is 9.94. The first-order chi connectivity index (χ1) is 8.99. The van der Waals surface area contributed by atoms with Crippen LogP contribution in [0.25, 0.3) is 0 Å². The van der Waals surface area contributed by atoms with Crippen LogP contribution in [0.2, 0.25) is 0 Å². The van der Waals surface area contributed by atoms with Gasteiger partial charge in [-0.25, -0.2) is 0 Å². The largest absolute Gasteiger partial charge is 0.338 e. The van der Waals surface area contributed by atoms with Crippen molar-refractivity contribution in [2.45, 2.75) is 43.5 Å². The van der Waals surface area contributed by atoms with Crippen molar-refractivity contribution in [3.05, 3.63) is 33.8 Å². The number of carbonyl (C=O) groups excluding carboxylic acids is 1. The number of halogens is 2. The average Bonchev–Trinajstić information content (AvgIpc) is 2.36. The van der Waals surface area contributed by atoms with E-state index in [9.17, 15) is 4.79 Å². The van der Waals surface area contributed by atoms with Crippen LogP contribution in [0.5, 0.6) is 0 Å². The van der Waals surface area contributed by atoms with Crippen molar-refractivity contribution in [2.75, 3.05) is 7.05 Å². The molecule has 104 valence electrons. The fraction of sp³-hybridized carbons (Fsp3) is 0.533. The van der Waals surface area contributed by atoms with Gasteiger partial charge in [0, 0.05) is 28.0 Å². The van der Waals surface area contributed by atoms with Gasteiger partial charge in [-0.1, -0.05) is 44.7 Å². The molecular formula is C15H19Br2NO. The molecule has 1 aromatic carbocycles. The van der Waals surface area contributed by atoms with Gasteiger partial charge in [0.2, 0.25) is 0 Å². The predicted octanol–water partition coefficient (Wildman–Crippen LogP) is 4.54. The zero-order chi connectivity index (χ0) is 14.0. The molecule has 1 aliphatic rings. The SMILES string of the molecule is Cc1cc(Br)cc(C(=O)N(C)C2CCCCC2Br)c1. The zero-order valence-corrected chi connectivity index (χ0v) is 14.5. The number of rotatable bonds is 2. The van der Waals surface area contributed by atoms with E-state index in [4.69, 9.17) is 0 Å². The maximum atomic E-state index is 12.6. The monoisotopic (exact) mass is 387 g/mol. The molecule has 0 aromatic heterocycles. The van der Waals surface area contributed by atoms with Crippen LogP contribution in [0, 0.1) is 6.92 Å². The Kier molecular flexibility index (Phi) is 5.07. The van der Waals surface area contributed by atoms with Crippen molar-refractivity contribution in [2.24, 2.45) is 0 Å². The van der Waals surface area contributed by atoms with Gasteiger partial charge < -0.3 is 4.90 Å². The van der Waals surface area contributed by atoms with Crippen molar-refractivity contribution < 1.29 is 4.79 Å². The molecule has 2 rings (SSSR count). The third kappa shape index (κ3) is 3.60. The van der Waals surface area contributed by atoms with E-state index in [-0.39, 0.29) is 5.91 Å². The molecule has 19 heavy (non-hydrogen) atoms. The minimum absolute atomic E-state index is 0.112. The van der Waals surface area contributed by atoms with Gasteiger partial charge in [-0.05, 0) is 43.5 Å². The fourth-order valence-electron chi connectivity index (χ4n) is 2.72. The summed E-state index contributed by atoms with van der Waals surface area (Å²) in [5.41, 5.74) is 1.87. The van der Waals surface area contributed by atoms with E-state index in [0.717, 1.165) is 28.4 Å². The maximum absolute atomic E-state index is 12.6. The number of hydrogen-bond acceptors (Lipinski definition) is 1. The van der Waals surface area contributed by atoms with Gasteiger partial charge in [-0.2, -0.15) is 0 Å². The van der Waals surface area contributed by atoms with E-state index < -0.39 is 0 Å². The molecule has 4 heteroatoms. The quantitative estimate of drug-likeness (QED) is 0.681. The summed E-state index contributed by atoms with van der Waals surface area (Å²) in [5.74, 6) is 0.112. The van der Waals surface area contributed by atoms with Gasteiger partial charge in [0.1, 0.15) is 0 Å². The van der Waals surface area contributed by atoms with E-state index in [1.165, 1.54) is 12.8 Å². The number of hydrogen-bond donors (Lipinski definition) is 0. The van der Waals surface area contributed by atoms with Crippen LogP contribution in [0.15, 0.2) is 22.7 Å². The van der Waals surface area contributed by atoms with Gasteiger partial charge in [0.05, 0.1) is 0 Å². The van der Waals surface area contributed by atoms with E-state index in [0.29, 0.717) is 10.9 Å². The Morgan fingerprint density at radius 3 is 2.58 bits per heavy atom. The van der Waals surface area contributed by atoms with Gasteiger partial charge in [-0.3, -0.25) is 4.79 Å². The van der Waals surface area contributed by atoms with Crippen molar-refractivity contribution in [1.82, 2.24) is 4.90 Å². The number of alkyl halides is 1. The molecule has 2 nitrogen and oxygen atoms in total. The van der Waals surface area contributed by atoms with E-state index in [1.807, 2.05) is 37.1 Å². The third-order valence-electron chi connectivity index (χ3n) is 3.75. The zero-order valence-electron chi connectivity index (χ0n) is 11.3. The molecule has 0 heterocycles. The molecule has 2 atom stereocenters. The van der Waals surface area contributed by atoms with Crippen LogP contribution in [-0.4, -0.2) is 28.7 Å². The smallest absolute Gasteiger partial charge is 0.253 e. The topological polar surface area (TPSA) is 20.3 Å². The lowest BCUT2D eigenvalue weighted by molar-refractivity contribution is 0.0704. The Labute approximate surface area is 131 Å². The number of carbonyl (C=O) groups is 1. The minimum Gasteiger partial charge on any atom is -0.338 e. The van der Waals surface area contributed by atoms with Crippen LogP contribution in [-0.2, 0) is 0 Å². The molecule has 0 radical (unpaired) electrons. The van der Waals surface area contributed by atoms with Crippen LogP contribution in [0.4, 0.5) is 0 Å². The van der Waals surface area contributed by atoms with Gasteiger partial charge >= 0.3 is 0 Å². The Balaban J connectivity index is 2.18. The highest BCUT2D eigenvalue weighted by Crippen LogP contribution is 2.29. The van der Waals surface area contributed by atoms with Gasteiger partial charge in [0.25, 0.3) is 5.91 Å². The van der Waals surface area contributed by atoms with Gasteiger partial charge in [0.15, 0.2) is 0 Å². The van der Waals surface area contributed by atoms with Crippen LogP contribution in [0.1, 0.15) is 41.6 Å². The molecule has 0 spiro atoms. The Morgan fingerprint density at radius 1 is 1.26 bits per heavy atom. The molecule has 1 aliphatic carbocycles. The lowest BCUT2D eigenvalue weighted by Gasteiger charge is -2.35. The number of amides is 1. The molecule has 0 N–H and O–H groups in total. The second-order valence-corrected chi connectivity index (χ2v) is 7.39. The molecule has 0 saturated heterocycles. The summed E-state index contributed by atoms with van der Waals surface area (Å²) >= 11 is 7.18. The van der Waals surface area contributed by atoms with Crippen molar-refractivity contribution in [3.8, 4) is 0 Å². The number of benzene rings is 1. The van der Waals surface area contributed by atoms with Crippen molar-refractivity contribution in [1.29, 1.82) is 0 Å². The highest BCUT2D eigenvalue weighted by molar-refractivity contribution is 9.10. The normalized spacial score (nSPS) is 23.2. The molecule has 0 aliphatic heterocycles. The summed E-state index contributed by atoms with van der Waals surface area (Å²) in [6, 6.07) is 6.18. The highest BCUT2D eigenvalue weighted by Gasteiger charge is 2.29. The molecule has 1 aromatic rings. The second kappa shape index (κ2) is 6.40. The first-order valence-electron chi connectivity index (χ1n) is 6.67. The first kappa shape index (κ1) is 15.0. The van der Waals surface area contributed by atoms with Crippen LogP contribution >= 0.6 is 31.9 Å². The highest BCUT2D eigenvalue weighted by atomic mass is 79.9. The van der Waals surface area contributed by atoms with E-state index in [1.54, 1.807) is 0 Å². The fourth-order valence-corrected chi connectivity index (χ4v) is 4.27. The standard InChI is InChI=1S/C15H19Br2NO/c1-10-7-11(9-12(16)8-10)15(19)18(2)14-6-4-3-5-13(14)17/h7-9,13-14H,3-6H2,1-2H3. The molecule has 2 unspecified atom stereocenters. The molecule has 1 saturated carbocycles. The summed E-state index contributed by atoms with van der Waals surface area (Å²) in [7, 11) is 1.92. The molecule has 1 amide bonds. The van der Waals surface area contributed by atoms with Gasteiger partial charge in [-0.15, -0.1) is 0 Å². The van der Waals surface area contributed by atoms with Crippen LogP contribution < -0.4 is 0 Å². The van der Waals surface area contributed by atoms with E-state index in [2.05, 4.69) is 31.9 Å². The lowest BCUT2D eigenvalue weighted by Crippen LogP contribution is -2.44. The maximum Gasteiger partial charge on any atom is 0.253 e. The Morgan fingerprint density at radius 2 is 1.95 bits per heavy atom. The molecule has 1 fully saturated rings. The summed E-state index contributed by atoms with van der Waals surface area (Å²) in [4.78, 5) is 14.9. The summed E-state index contributed by atoms with van der Waals surface area (Å²) in [6.07, 6.45) is 4.71. The second-order valence-electron chi connectivity index (χ2n) is 5.30. The third-order valence-corrected chi connectivity index (χ3v) is 5.28. The number of nitrogens with zero attached hydrogens (tertiary/aromatic N) is 1. The van der Waals surface area contributed by atoms with E-state index >= 15 is 0 Å². The minimum atomic E-state index is 0.112. The first-order valence-corrected chi connectivity index (χ1v) is 8.38. The summed E-state index contributed by atoms with van der Waals surface area (Å²) < 4.78 is 0.961. The summed E-state index contributed by atoms with van der Waals surface area (Å²) in [5, 5.41) is 0. The Hall–Kier alpha value is -0.350. The average molecular weight is 389 g/mol. The Bertz CT molecular complexity index is 455. The van der Waals surface area contributed by atoms with Crippen molar-refractivity contribution >= 4 is 37.8 Å². The molecular weight excluding hydrogens is 370 g/mol.